The fourth-order valence-electron chi connectivity index (χ4n) is 5.63. The Bertz CT molecular complexity index is 1470. The molecular formula is C30H36ClN9O3. The van der Waals surface area contributed by atoms with E-state index < -0.39 is 0 Å². The van der Waals surface area contributed by atoms with Crippen LogP contribution in [0.1, 0.15) is 19.8 Å². The highest BCUT2D eigenvalue weighted by Gasteiger charge is 2.26. The first-order chi connectivity index (χ1) is 21.1. The summed E-state index contributed by atoms with van der Waals surface area (Å²) in [5.74, 6) is 1.79. The number of benzene rings is 2. The molecule has 1 unspecified atom stereocenters. The maximum absolute atomic E-state index is 6.42. The van der Waals surface area contributed by atoms with Crippen LogP contribution in [0.5, 0.6) is 11.5 Å². The van der Waals surface area contributed by atoms with Gasteiger partial charge in [0.1, 0.15) is 23.9 Å². The predicted molar refractivity (Wildman–Crippen MR) is 164 cm³/mol. The molecule has 2 fully saturated rings. The molecule has 6 rings (SSSR count). The Balaban J connectivity index is 1.08. The van der Waals surface area contributed by atoms with E-state index >= 15 is 0 Å². The summed E-state index contributed by atoms with van der Waals surface area (Å²) in [5.41, 5.74) is 3.69. The number of halogens is 1. The molecule has 0 radical (unpaired) electrons. The van der Waals surface area contributed by atoms with E-state index in [4.69, 9.17) is 25.8 Å². The van der Waals surface area contributed by atoms with Gasteiger partial charge in [0.25, 0.3) is 0 Å². The van der Waals surface area contributed by atoms with Gasteiger partial charge < -0.3 is 24.4 Å². The summed E-state index contributed by atoms with van der Waals surface area (Å²) >= 11 is 6.42. The van der Waals surface area contributed by atoms with E-state index in [0.29, 0.717) is 29.3 Å². The third-order valence-corrected chi connectivity index (χ3v) is 8.22. The Morgan fingerprint density at radius 3 is 2.51 bits per heavy atom. The molecule has 0 amide bonds. The molecule has 13 heteroatoms. The molecule has 2 saturated heterocycles. The second-order valence-electron chi connectivity index (χ2n) is 10.8. The summed E-state index contributed by atoms with van der Waals surface area (Å²) in [6.45, 7) is 8.26. The molecule has 2 aliphatic heterocycles. The van der Waals surface area contributed by atoms with E-state index in [1.54, 1.807) is 36.6 Å². The number of nitrogens with zero attached hydrogens (tertiary/aromatic N) is 8. The van der Waals surface area contributed by atoms with Crippen LogP contribution in [-0.4, -0.2) is 93.7 Å². The average molecular weight is 606 g/mol. The van der Waals surface area contributed by atoms with Crippen LogP contribution in [0, 0.1) is 0 Å². The Morgan fingerprint density at radius 1 is 1.00 bits per heavy atom. The fourth-order valence-corrected chi connectivity index (χ4v) is 5.79. The van der Waals surface area contributed by atoms with E-state index in [-0.39, 0.29) is 6.10 Å². The molecule has 2 aromatic heterocycles. The van der Waals surface area contributed by atoms with Crippen molar-refractivity contribution >= 4 is 28.9 Å². The van der Waals surface area contributed by atoms with Gasteiger partial charge in [-0.2, -0.15) is 0 Å². The molecule has 43 heavy (non-hydrogen) atoms. The average Bonchev–Trinajstić information content (AvgIpc) is 3.56. The largest absolute Gasteiger partial charge is 0.494 e. The zero-order chi connectivity index (χ0) is 29.6. The predicted octanol–water partition coefficient (Wildman–Crippen LogP) is 4.30. The van der Waals surface area contributed by atoms with Crippen LogP contribution in [0.2, 0.25) is 5.02 Å². The van der Waals surface area contributed by atoms with Crippen molar-refractivity contribution in [3.63, 3.8) is 0 Å². The number of hydrogen-bond acceptors (Lipinski definition) is 11. The zero-order valence-electron chi connectivity index (χ0n) is 24.4. The van der Waals surface area contributed by atoms with Crippen molar-refractivity contribution in [2.45, 2.75) is 38.5 Å². The van der Waals surface area contributed by atoms with Crippen molar-refractivity contribution in [3.05, 3.63) is 60.1 Å². The second kappa shape index (κ2) is 13.5. The Morgan fingerprint density at radius 2 is 1.79 bits per heavy atom. The lowest BCUT2D eigenvalue weighted by molar-refractivity contribution is 0.0115. The van der Waals surface area contributed by atoms with E-state index in [1.807, 2.05) is 25.1 Å². The molecule has 1 N–H and O–H groups in total. The second-order valence-corrected chi connectivity index (χ2v) is 11.2. The molecule has 4 heterocycles. The van der Waals surface area contributed by atoms with Crippen LogP contribution in [-0.2, 0) is 11.3 Å². The third-order valence-electron chi connectivity index (χ3n) is 7.90. The molecule has 0 aliphatic carbocycles. The van der Waals surface area contributed by atoms with Crippen LogP contribution in [0.3, 0.4) is 0 Å². The smallest absolute Gasteiger partial charge is 0.227 e. The summed E-state index contributed by atoms with van der Waals surface area (Å²) < 4.78 is 18.9. The van der Waals surface area contributed by atoms with E-state index in [2.05, 4.69) is 52.7 Å². The number of ether oxygens (including phenoxy) is 3. The van der Waals surface area contributed by atoms with Crippen molar-refractivity contribution in [2.75, 3.05) is 56.7 Å². The van der Waals surface area contributed by atoms with Gasteiger partial charge in [0.2, 0.25) is 5.95 Å². The van der Waals surface area contributed by atoms with Crippen molar-refractivity contribution in [1.82, 2.24) is 35.1 Å². The maximum Gasteiger partial charge on any atom is 0.227 e. The summed E-state index contributed by atoms with van der Waals surface area (Å²) in [6.07, 6.45) is 7.21. The van der Waals surface area contributed by atoms with Gasteiger partial charge in [-0.1, -0.05) is 17.7 Å². The highest BCUT2D eigenvalue weighted by atomic mass is 35.5. The van der Waals surface area contributed by atoms with E-state index in [1.165, 1.54) is 0 Å². The SMILES string of the molecule is COc1cc(N2CCC(N3CCOCC3)CC2)ccc1Nc1ncc(-c2ccc(Cl)c(OC(C)Cn3cnnn3)c2)cn1. The highest BCUT2D eigenvalue weighted by molar-refractivity contribution is 6.32. The minimum absolute atomic E-state index is 0.192. The van der Waals surface area contributed by atoms with Crippen molar-refractivity contribution < 1.29 is 14.2 Å². The monoisotopic (exact) mass is 605 g/mol. The molecule has 12 nitrogen and oxygen atoms in total. The van der Waals surface area contributed by atoms with Gasteiger partial charge in [-0.05, 0) is 60.0 Å². The molecule has 0 spiro atoms. The van der Waals surface area contributed by atoms with E-state index in [0.717, 1.165) is 80.5 Å². The normalized spacial score (nSPS) is 17.0. The van der Waals surface area contributed by atoms with Gasteiger partial charge in [-0.15, -0.1) is 5.10 Å². The number of piperidine rings is 1. The lowest BCUT2D eigenvalue weighted by atomic mass is 10.0. The lowest BCUT2D eigenvalue weighted by Crippen LogP contribution is -2.49. The number of morpholine rings is 1. The first-order valence-electron chi connectivity index (χ1n) is 14.6. The highest BCUT2D eigenvalue weighted by Crippen LogP contribution is 2.34. The van der Waals surface area contributed by atoms with Gasteiger partial charge in [-0.25, -0.2) is 14.6 Å². The third kappa shape index (κ3) is 7.15. The molecule has 0 bridgehead atoms. The number of rotatable bonds is 10. The molecule has 4 aromatic rings. The van der Waals surface area contributed by atoms with Gasteiger partial charge in [0.05, 0.1) is 37.6 Å². The number of tetrazole rings is 1. The Labute approximate surface area is 255 Å². The van der Waals surface area contributed by atoms with Crippen LogP contribution in [0.4, 0.5) is 17.3 Å². The first kappa shape index (κ1) is 29.1. The summed E-state index contributed by atoms with van der Waals surface area (Å²) in [5, 5.41) is 15.0. The standard InChI is InChI=1S/C30H36ClN9O3/c1-21(19-40-20-34-36-37-40)43-28-15-22(3-5-26(28)31)23-17-32-30(33-18-23)35-27-6-4-25(16-29(27)41-2)38-9-7-24(8-10-38)39-11-13-42-14-12-39/h3-6,15-18,20-21,24H,7-14,19H2,1-2H3,(H,32,33,35). The number of nitrogens with one attached hydrogen (secondary N) is 1. The maximum atomic E-state index is 6.42. The van der Waals surface area contributed by atoms with Crippen molar-refractivity contribution in [3.8, 4) is 22.6 Å². The Kier molecular flexibility index (Phi) is 9.16. The quantitative estimate of drug-likeness (QED) is 0.279. The minimum atomic E-state index is -0.192. The molecule has 0 saturated carbocycles. The number of aromatic nitrogens is 6. The topological polar surface area (TPSA) is 116 Å². The van der Waals surface area contributed by atoms with Crippen LogP contribution < -0.4 is 19.7 Å². The molecule has 226 valence electrons. The van der Waals surface area contributed by atoms with Gasteiger partial charge in [-0.3, -0.25) is 4.90 Å². The van der Waals surface area contributed by atoms with E-state index in [9.17, 15) is 0 Å². The van der Waals surface area contributed by atoms with Crippen molar-refractivity contribution in [1.29, 1.82) is 0 Å². The van der Waals surface area contributed by atoms with Gasteiger partial charge >= 0.3 is 0 Å². The van der Waals surface area contributed by atoms with Crippen LogP contribution >= 0.6 is 11.6 Å². The molecular weight excluding hydrogens is 570 g/mol. The molecule has 1 atom stereocenters. The van der Waals surface area contributed by atoms with Gasteiger partial charge in [0.15, 0.2) is 0 Å². The van der Waals surface area contributed by atoms with Crippen LogP contribution in [0.15, 0.2) is 55.1 Å². The van der Waals surface area contributed by atoms with Gasteiger partial charge in [0, 0.05) is 61.9 Å². The summed E-state index contributed by atoms with van der Waals surface area (Å²) in [6, 6.07) is 12.5. The van der Waals surface area contributed by atoms with Crippen molar-refractivity contribution in [2.24, 2.45) is 0 Å². The number of methoxy groups -OCH3 is 1. The minimum Gasteiger partial charge on any atom is -0.494 e. The number of anilines is 3. The molecule has 2 aromatic carbocycles. The molecule has 2 aliphatic rings. The Hall–Kier alpha value is -4.00. The van der Waals surface area contributed by atoms with Crippen LogP contribution in [0.25, 0.3) is 11.1 Å². The zero-order valence-corrected chi connectivity index (χ0v) is 25.2. The first-order valence-corrected chi connectivity index (χ1v) is 14.9. The fraction of sp³-hybridized carbons (Fsp3) is 0.433. The lowest BCUT2D eigenvalue weighted by Gasteiger charge is -2.40. The summed E-state index contributed by atoms with van der Waals surface area (Å²) in [4.78, 5) is 14.1. The number of hydrogen-bond donors (Lipinski definition) is 1. The summed E-state index contributed by atoms with van der Waals surface area (Å²) in [7, 11) is 1.68.